The molecule has 0 unspecified atom stereocenters. The van der Waals surface area contributed by atoms with Gasteiger partial charge in [0.1, 0.15) is 5.01 Å². The lowest BCUT2D eigenvalue weighted by molar-refractivity contribution is 0.0689. The van der Waals surface area contributed by atoms with Crippen LogP contribution in [0.15, 0.2) is 24.5 Å². The molecule has 106 valence electrons. The smallest absolute Gasteiger partial charge is 0.355 e. The quantitative estimate of drug-likeness (QED) is 0.886. The van der Waals surface area contributed by atoms with Crippen molar-refractivity contribution >= 4 is 17.3 Å². The summed E-state index contributed by atoms with van der Waals surface area (Å²) in [6.45, 7) is 6.51. The summed E-state index contributed by atoms with van der Waals surface area (Å²) in [6, 6.07) is 3.71. The molecule has 0 spiro atoms. The number of carbonyl (C=O) groups is 1. The van der Waals surface area contributed by atoms with E-state index in [9.17, 15) is 9.90 Å². The van der Waals surface area contributed by atoms with Gasteiger partial charge in [0.2, 0.25) is 0 Å². The minimum atomic E-state index is -0.974. The Hall–Kier alpha value is -1.79. The Morgan fingerprint density at radius 1 is 1.40 bits per heavy atom. The van der Waals surface area contributed by atoms with E-state index in [2.05, 4.69) is 28.7 Å². The van der Waals surface area contributed by atoms with Crippen molar-refractivity contribution in [2.75, 3.05) is 13.1 Å². The summed E-state index contributed by atoms with van der Waals surface area (Å²) in [5.74, 6) is -0.974. The second-order valence-electron chi connectivity index (χ2n) is 4.30. The number of hydrogen-bond acceptors (Lipinski definition) is 5. The van der Waals surface area contributed by atoms with Crippen LogP contribution in [-0.4, -0.2) is 39.0 Å². The Kier molecular flexibility index (Phi) is 4.81. The van der Waals surface area contributed by atoms with Crippen molar-refractivity contribution in [2.24, 2.45) is 0 Å². The van der Waals surface area contributed by atoms with Crippen molar-refractivity contribution in [1.82, 2.24) is 14.9 Å². The number of thiazole rings is 1. The summed E-state index contributed by atoms with van der Waals surface area (Å²) >= 11 is 1.43. The summed E-state index contributed by atoms with van der Waals surface area (Å²) in [5, 5.41) is 10.0. The van der Waals surface area contributed by atoms with Gasteiger partial charge in [0.15, 0.2) is 5.69 Å². The predicted molar refractivity (Wildman–Crippen MR) is 78.9 cm³/mol. The molecule has 0 amide bonds. The van der Waals surface area contributed by atoms with Crippen LogP contribution in [-0.2, 0) is 6.54 Å². The van der Waals surface area contributed by atoms with Crippen molar-refractivity contribution in [3.05, 3.63) is 35.1 Å². The number of nitrogens with zero attached hydrogens (tertiary/aromatic N) is 3. The van der Waals surface area contributed by atoms with Gasteiger partial charge in [-0.25, -0.2) is 9.78 Å². The largest absolute Gasteiger partial charge is 0.476 e. The lowest BCUT2D eigenvalue weighted by atomic mass is 10.3. The molecule has 0 aromatic carbocycles. The van der Waals surface area contributed by atoms with Crippen molar-refractivity contribution in [1.29, 1.82) is 0 Å². The highest BCUT2D eigenvalue weighted by Gasteiger charge is 2.19. The summed E-state index contributed by atoms with van der Waals surface area (Å²) < 4.78 is 0. The summed E-state index contributed by atoms with van der Waals surface area (Å²) in [4.78, 5) is 22.6. The van der Waals surface area contributed by atoms with E-state index in [1.807, 2.05) is 12.1 Å². The molecule has 20 heavy (non-hydrogen) atoms. The second kappa shape index (κ2) is 6.58. The van der Waals surface area contributed by atoms with Gasteiger partial charge in [-0.2, -0.15) is 0 Å². The van der Waals surface area contributed by atoms with Gasteiger partial charge in [0.05, 0.1) is 4.88 Å². The van der Waals surface area contributed by atoms with E-state index in [1.54, 1.807) is 12.4 Å². The summed E-state index contributed by atoms with van der Waals surface area (Å²) in [6.07, 6.45) is 3.39. The highest BCUT2D eigenvalue weighted by molar-refractivity contribution is 7.15. The monoisotopic (exact) mass is 291 g/mol. The zero-order chi connectivity index (χ0) is 14.5. The highest BCUT2D eigenvalue weighted by atomic mass is 32.1. The molecule has 2 rings (SSSR count). The average Bonchev–Trinajstić information content (AvgIpc) is 2.89. The summed E-state index contributed by atoms with van der Waals surface area (Å²) in [5.41, 5.74) is 1.01. The number of rotatable bonds is 6. The number of carboxylic acid groups (broad SMARTS) is 1. The molecule has 2 aromatic rings. The maximum atomic E-state index is 11.3. The van der Waals surface area contributed by atoms with E-state index in [-0.39, 0.29) is 5.69 Å². The number of aromatic nitrogens is 2. The Labute approximate surface area is 121 Å². The number of hydrogen-bond donors (Lipinski definition) is 1. The zero-order valence-corrected chi connectivity index (χ0v) is 12.4. The third kappa shape index (κ3) is 3.20. The second-order valence-corrected chi connectivity index (χ2v) is 5.38. The number of carboxylic acids is 1. The van der Waals surface area contributed by atoms with Crippen LogP contribution in [0.2, 0.25) is 0 Å². The Morgan fingerprint density at radius 3 is 2.70 bits per heavy atom. The minimum absolute atomic E-state index is 0.153. The molecule has 0 aliphatic rings. The normalized spacial score (nSPS) is 10.9. The molecule has 6 heteroatoms. The van der Waals surface area contributed by atoms with Crippen molar-refractivity contribution in [3.8, 4) is 10.6 Å². The van der Waals surface area contributed by atoms with Crippen molar-refractivity contribution < 1.29 is 9.90 Å². The fraction of sp³-hybridized carbons (Fsp3) is 0.357. The molecule has 0 bridgehead atoms. The van der Waals surface area contributed by atoms with E-state index in [0.29, 0.717) is 11.6 Å². The van der Waals surface area contributed by atoms with Crippen LogP contribution in [0.25, 0.3) is 10.6 Å². The zero-order valence-electron chi connectivity index (χ0n) is 11.5. The number of aromatic carboxylic acids is 1. The lowest BCUT2D eigenvalue weighted by Crippen LogP contribution is -2.22. The maximum Gasteiger partial charge on any atom is 0.355 e. The minimum Gasteiger partial charge on any atom is -0.476 e. The molecule has 0 aliphatic carbocycles. The topological polar surface area (TPSA) is 66.3 Å². The number of pyridine rings is 1. The van der Waals surface area contributed by atoms with Crippen LogP contribution < -0.4 is 0 Å². The lowest BCUT2D eigenvalue weighted by Gasteiger charge is -2.16. The fourth-order valence-electron chi connectivity index (χ4n) is 1.89. The standard InChI is InChI=1S/C14H17N3O2S/c1-3-17(4-2)9-11-12(14(18)19)16-13(20-11)10-6-5-7-15-8-10/h5-8H,3-4,9H2,1-2H3,(H,18,19). The van der Waals surface area contributed by atoms with Gasteiger partial charge in [0, 0.05) is 24.5 Å². The van der Waals surface area contributed by atoms with Crippen molar-refractivity contribution in [3.63, 3.8) is 0 Å². The van der Waals surface area contributed by atoms with Gasteiger partial charge in [0.25, 0.3) is 0 Å². The molecule has 2 aromatic heterocycles. The first-order valence-corrected chi connectivity index (χ1v) is 7.33. The predicted octanol–water partition coefficient (Wildman–Crippen LogP) is 2.75. The van der Waals surface area contributed by atoms with E-state index >= 15 is 0 Å². The summed E-state index contributed by atoms with van der Waals surface area (Å²) in [7, 11) is 0. The SMILES string of the molecule is CCN(CC)Cc1sc(-c2cccnc2)nc1C(=O)O. The van der Waals surface area contributed by atoms with Gasteiger partial charge >= 0.3 is 5.97 Å². The molecule has 0 fully saturated rings. The molecule has 0 atom stereocenters. The van der Waals surface area contributed by atoms with Crippen LogP contribution in [0.1, 0.15) is 29.2 Å². The molecule has 5 nitrogen and oxygen atoms in total. The first-order chi connectivity index (χ1) is 9.65. The molecule has 1 N–H and O–H groups in total. The third-order valence-corrected chi connectivity index (χ3v) is 4.16. The average molecular weight is 291 g/mol. The van der Waals surface area contributed by atoms with Crippen LogP contribution in [0.4, 0.5) is 0 Å². The molecule has 2 heterocycles. The highest BCUT2D eigenvalue weighted by Crippen LogP contribution is 2.28. The van der Waals surface area contributed by atoms with E-state index in [4.69, 9.17) is 0 Å². The molecular formula is C14H17N3O2S. The fourth-order valence-corrected chi connectivity index (χ4v) is 2.97. The van der Waals surface area contributed by atoms with Crippen LogP contribution in [0.5, 0.6) is 0 Å². The molecule has 0 saturated heterocycles. The Bertz CT molecular complexity index is 579. The molecule has 0 radical (unpaired) electrons. The van der Waals surface area contributed by atoms with Crippen LogP contribution >= 0.6 is 11.3 Å². The van der Waals surface area contributed by atoms with Gasteiger partial charge in [-0.3, -0.25) is 9.88 Å². The van der Waals surface area contributed by atoms with E-state index in [1.165, 1.54) is 11.3 Å². The van der Waals surface area contributed by atoms with Gasteiger partial charge in [-0.15, -0.1) is 11.3 Å². The molecule has 0 saturated carbocycles. The maximum absolute atomic E-state index is 11.3. The van der Waals surface area contributed by atoms with Gasteiger partial charge < -0.3 is 5.11 Å². The van der Waals surface area contributed by atoms with Crippen molar-refractivity contribution in [2.45, 2.75) is 20.4 Å². The molecular weight excluding hydrogens is 274 g/mol. The first kappa shape index (κ1) is 14.6. The van der Waals surface area contributed by atoms with Crippen LogP contribution in [0.3, 0.4) is 0 Å². The van der Waals surface area contributed by atoms with Gasteiger partial charge in [-0.1, -0.05) is 13.8 Å². The third-order valence-electron chi connectivity index (χ3n) is 3.07. The Morgan fingerprint density at radius 2 is 2.15 bits per heavy atom. The first-order valence-electron chi connectivity index (χ1n) is 6.51. The van der Waals surface area contributed by atoms with E-state index in [0.717, 1.165) is 23.5 Å². The van der Waals surface area contributed by atoms with Gasteiger partial charge in [-0.05, 0) is 25.2 Å². The van der Waals surface area contributed by atoms with E-state index < -0.39 is 5.97 Å². The Balaban J connectivity index is 2.36. The van der Waals surface area contributed by atoms with Crippen LogP contribution in [0, 0.1) is 0 Å². The molecule has 0 aliphatic heterocycles.